The highest BCUT2D eigenvalue weighted by Gasteiger charge is 2.41. The molecular formula is C17H26O2. The van der Waals surface area contributed by atoms with Gasteiger partial charge >= 0.3 is 0 Å². The topological polar surface area (TPSA) is 21.8 Å². The van der Waals surface area contributed by atoms with Crippen molar-refractivity contribution in [2.45, 2.75) is 59.7 Å². The minimum atomic E-state index is 0.469. The van der Waals surface area contributed by atoms with Crippen molar-refractivity contribution in [3.63, 3.8) is 0 Å². The third kappa shape index (κ3) is 3.30. The van der Waals surface area contributed by atoms with Crippen molar-refractivity contribution >= 4 is 0 Å². The van der Waals surface area contributed by atoms with Crippen molar-refractivity contribution in [1.82, 2.24) is 0 Å². The average Bonchev–Trinajstić information content (AvgIpc) is 3.15. The zero-order valence-electron chi connectivity index (χ0n) is 12.8. The second kappa shape index (κ2) is 5.96. The Labute approximate surface area is 117 Å². The molecule has 19 heavy (non-hydrogen) atoms. The number of ether oxygens (including phenoxy) is 2. The number of hydrogen-bond donors (Lipinski definition) is 0. The van der Waals surface area contributed by atoms with E-state index in [1.165, 1.54) is 16.7 Å². The summed E-state index contributed by atoms with van der Waals surface area (Å²) in [7, 11) is 0. The molecule has 3 unspecified atom stereocenters. The van der Waals surface area contributed by atoms with Gasteiger partial charge in [0.25, 0.3) is 0 Å². The highest BCUT2D eigenvalue weighted by molar-refractivity contribution is 5.41. The van der Waals surface area contributed by atoms with Crippen molar-refractivity contribution in [2.24, 2.45) is 5.92 Å². The first-order valence-electron chi connectivity index (χ1n) is 7.45. The smallest absolute Gasteiger partial charge is 0.122 e. The Hall–Kier alpha value is -1.02. The SMILES string of the molecule is CCOc1cc(C)c(CC(C)C2OC2CC)cc1C. The number of aryl methyl sites for hydroxylation is 2. The van der Waals surface area contributed by atoms with Crippen molar-refractivity contribution in [3.8, 4) is 5.75 Å². The first-order valence-corrected chi connectivity index (χ1v) is 7.45. The summed E-state index contributed by atoms with van der Waals surface area (Å²) < 4.78 is 11.4. The van der Waals surface area contributed by atoms with Crippen LogP contribution < -0.4 is 4.74 Å². The molecule has 0 aliphatic carbocycles. The molecule has 1 aromatic rings. The van der Waals surface area contributed by atoms with Crippen molar-refractivity contribution in [2.75, 3.05) is 6.61 Å². The van der Waals surface area contributed by atoms with Gasteiger partial charge in [-0.15, -0.1) is 0 Å². The van der Waals surface area contributed by atoms with Crippen LogP contribution in [0, 0.1) is 19.8 Å². The molecule has 1 heterocycles. The fraction of sp³-hybridized carbons (Fsp3) is 0.647. The fourth-order valence-corrected chi connectivity index (χ4v) is 2.83. The lowest BCUT2D eigenvalue weighted by atomic mass is 9.92. The van der Waals surface area contributed by atoms with E-state index in [0.29, 0.717) is 18.1 Å². The molecule has 1 aromatic carbocycles. The summed E-state index contributed by atoms with van der Waals surface area (Å²) in [5.74, 6) is 1.62. The van der Waals surface area contributed by atoms with Gasteiger partial charge in [-0.2, -0.15) is 0 Å². The predicted octanol–water partition coefficient (Wildman–Crippen LogP) is 4.06. The maximum absolute atomic E-state index is 5.71. The summed E-state index contributed by atoms with van der Waals surface area (Å²) in [4.78, 5) is 0. The summed E-state index contributed by atoms with van der Waals surface area (Å²) in [5, 5.41) is 0. The zero-order chi connectivity index (χ0) is 14.0. The Morgan fingerprint density at radius 2 is 1.95 bits per heavy atom. The molecule has 2 rings (SSSR count). The van der Waals surface area contributed by atoms with E-state index in [4.69, 9.17) is 9.47 Å². The average molecular weight is 262 g/mol. The van der Waals surface area contributed by atoms with Crippen LogP contribution in [0.1, 0.15) is 43.9 Å². The van der Waals surface area contributed by atoms with Crippen LogP contribution in [0.2, 0.25) is 0 Å². The molecule has 1 aliphatic rings. The van der Waals surface area contributed by atoms with Gasteiger partial charge in [0.2, 0.25) is 0 Å². The van der Waals surface area contributed by atoms with Crippen LogP contribution in [-0.2, 0) is 11.2 Å². The van der Waals surface area contributed by atoms with Gasteiger partial charge in [-0.3, -0.25) is 0 Å². The molecule has 2 nitrogen and oxygen atoms in total. The lowest BCUT2D eigenvalue weighted by molar-refractivity contribution is 0.322. The minimum Gasteiger partial charge on any atom is -0.494 e. The van der Waals surface area contributed by atoms with E-state index in [1.807, 2.05) is 6.92 Å². The van der Waals surface area contributed by atoms with Gasteiger partial charge in [-0.05, 0) is 62.3 Å². The standard InChI is InChI=1S/C17H26O2/c1-6-15-17(19-15)13(5)9-14-8-12(4)16(18-7-2)10-11(14)3/h8,10,13,15,17H,6-7,9H2,1-5H3. The second-order valence-corrected chi connectivity index (χ2v) is 5.71. The lowest BCUT2D eigenvalue weighted by Gasteiger charge is -2.15. The Morgan fingerprint density at radius 3 is 2.53 bits per heavy atom. The van der Waals surface area contributed by atoms with Crippen LogP contribution in [0.4, 0.5) is 0 Å². The largest absolute Gasteiger partial charge is 0.494 e. The minimum absolute atomic E-state index is 0.469. The van der Waals surface area contributed by atoms with E-state index in [1.54, 1.807) is 0 Å². The molecule has 0 amide bonds. The van der Waals surface area contributed by atoms with Gasteiger partial charge in [-0.1, -0.05) is 19.9 Å². The maximum atomic E-state index is 5.71. The molecule has 0 aromatic heterocycles. The van der Waals surface area contributed by atoms with Gasteiger partial charge in [-0.25, -0.2) is 0 Å². The Kier molecular flexibility index (Phi) is 4.51. The molecule has 1 fully saturated rings. The van der Waals surface area contributed by atoms with Gasteiger partial charge in [0.1, 0.15) is 5.75 Å². The van der Waals surface area contributed by atoms with E-state index >= 15 is 0 Å². The molecule has 0 radical (unpaired) electrons. The van der Waals surface area contributed by atoms with Gasteiger partial charge in [0, 0.05) is 0 Å². The van der Waals surface area contributed by atoms with Crippen LogP contribution in [0.25, 0.3) is 0 Å². The summed E-state index contributed by atoms with van der Waals surface area (Å²) in [6.45, 7) is 11.6. The first-order chi connectivity index (χ1) is 9.06. The highest BCUT2D eigenvalue weighted by Crippen LogP contribution is 2.34. The quantitative estimate of drug-likeness (QED) is 0.721. The van der Waals surface area contributed by atoms with E-state index < -0.39 is 0 Å². The molecule has 0 spiro atoms. The molecule has 0 N–H and O–H groups in total. The molecule has 2 heteroatoms. The summed E-state index contributed by atoms with van der Waals surface area (Å²) >= 11 is 0. The number of epoxide rings is 1. The van der Waals surface area contributed by atoms with Crippen molar-refractivity contribution in [3.05, 3.63) is 28.8 Å². The third-order valence-corrected chi connectivity index (χ3v) is 4.06. The Morgan fingerprint density at radius 1 is 1.21 bits per heavy atom. The van der Waals surface area contributed by atoms with E-state index in [-0.39, 0.29) is 0 Å². The van der Waals surface area contributed by atoms with Crippen molar-refractivity contribution in [1.29, 1.82) is 0 Å². The fourth-order valence-electron chi connectivity index (χ4n) is 2.83. The molecule has 1 saturated heterocycles. The molecular weight excluding hydrogens is 236 g/mol. The summed E-state index contributed by atoms with van der Waals surface area (Å²) in [6.07, 6.45) is 3.20. The maximum Gasteiger partial charge on any atom is 0.122 e. The van der Waals surface area contributed by atoms with Gasteiger partial charge in [0.15, 0.2) is 0 Å². The van der Waals surface area contributed by atoms with Crippen molar-refractivity contribution < 1.29 is 9.47 Å². The van der Waals surface area contributed by atoms with E-state index in [2.05, 4.69) is 39.8 Å². The zero-order valence-corrected chi connectivity index (χ0v) is 12.8. The number of rotatable bonds is 6. The molecule has 0 saturated carbocycles. The highest BCUT2D eigenvalue weighted by atomic mass is 16.6. The Balaban J connectivity index is 2.06. The molecule has 1 aliphatic heterocycles. The normalized spacial score (nSPS) is 23.2. The van der Waals surface area contributed by atoms with Crippen LogP contribution in [0.3, 0.4) is 0 Å². The first kappa shape index (κ1) is 14.4. The van der Waals surface area contributed by atoms with Crippen LogP contribution >= 0.6 is 0 Å². The van der Waals surface area contributed by atoms with Crippen LogP contribution in [0.15, 0.2) is 12.1 Å². The van der Waals surface area contributed by atoms with E-state index in [0.717, 1.165) is 25.2 Å². The lowest BCUT2D eigenvalue weighted by Crippen LogP contribution is -2.11. The summed E-state index contributed by atoms with van der Waals surface area (Å²) in [6, 6.07) is 4.45. The monoisotopic (exact) mass is 262 g/mol. The van der Waals surface area contributed by atoms with Crippen LogP contribution in [0.5, 0.6) is 5.75 Å². The summed E-state index contributed by atoms with van der Waals surface area (Å²) in [5.41, 5.74) is 3.99. The predicted molar refractivity (Wildman–Crippen MR) is 78.9 cm³/mol. The molecule has 106 valence electrons. The Bertz CT molecular complexity index is 439. The third-order valence-electron chi connectivity index (χ3n) is 4.06. The van der Waals surface area contributed by atoms with E-state index in [9.17, 15) is 0 Å². The number of benzene rings is 1. The van der Waals surface area contributed by atoms with Gasteiger partial charge in [0.05, 0.1) is 18.8 Å². The molecule has 3 atom stereocenters. The van der Waals surface area contributed by atoms with Crippen LogP contribution in [-0.4, -0.2) is 18.8 Å². The number of hydrogen-bond acceptors (Lipinski definition) is 2. The second-order valence-electron chi connectivity index (χ2n) is 5.71. The van der Waals surface area contributed by atoms with Gasteiger partial charge < -0.3 is 9.47 Å². The molecule has 0 bridgehead atoms.